The van der Waals surface area contributed by atoms with E-state index in [2.05, 4.69) is 10.9 Å². The summed E-state index contributed by atoms with van der Waals surface area (Å²) in [7, 11) is 1.60. The molecule has 1 aliphatic rings. The Bertz CT molecular complexity index is 846. The lowest BCUT2D eigenvalue weighted by Gasteiger charge is -2.18. The zero-order valence-corrected chi connectivity index (χ0v) is 16.4. The third kappa shape index (κ3) is 5.58. The predicted molar refractivity (Wildman–Crippen MR) is 106 cm³/mol. The molecule has 0 radical (unpaired) electrons. The van der Waals surface area contributed by atoms with Gasteiger partial charge in [0, 0.05) is 25.7 Å². The number of benzene rings is 2. The van der Waals surface area contributed by atoms with Crippen molar-refractivity contribution in [1.82, 2.24) is 15.8 Å². The molecule has 156 valence electrons. The molecule has 0 bridgehead atoms. The lowest BCUT2D eigenvalue weighted by atomic mass is 9.99. The van der Waals surface area contributed by atoms with Gasteiger partial charge < -0.3 is 4.90 Å². The molecule has 7 heteroatoms. The van der Waals surface area contributed by atoms with Crippen molar-refractivity contribution in [2.24, 2.45) is 0 Å². The van der Waals surface area contributed by atoms with Crippen LogP contribution in [0.5, 0.6) is 0 Å². The molecule has 4 nitrogen and oxygen atoms in total. The van der Waals surface area contributed by atoms with Gasteiger partial charge in [0.25, 0.3) is 5.91 Å². The minimum Gasteiger partial charge on any atom is -0.342 e. The SMILES string of the molecule is CN(CCCCCC1CC(c2cccc(F)c2)NN1)C(=O)c1cccc(F)c1F. The van der Waals surface area contributed by atoms with Gasteiger partial charge in [-0.3, -0.25) is 15.6 Å². The Morgan fingerprint density at radius 2 is 1.86 bits per heavy atom. The molecule has 2 atom stereocenters. The van der Waals surface area contributed by atoms with Crippen LogP contribution < -0.4 is 10.9 Å². The van der Waals surface area contributed by atoms with Crippen molar-refractivity contribution in [2.45, 2.75) is 44.2 Å². The molecular weight excluding hydrogens is 379 g/mol. The molecule has 2 aromatic rings. The largest absolute Gasteiger partial charge is 0.342 e. The number of halogens is 3. The van der Waals surface area contributed by atoms with Gasteiger partial charge in [-0.1, -0.05) is 31.0 Å². The summed E-state index contributed by atoms with van der Waals surface area (Å²) in [6, 6.07) is 10.7. The summed E-state index contributed by atoms with van der Waals surface area (Å²) >= 11 is 0. The van der Waals surface area contributed by atoms with Crippen LogP contribution in [-0.4, -0.2) is 30.4 Å². The van der Waals surface area contributed by atoms with Gasteiger partial charge in [-0.2, -0.15) is 0 Å². The third-order valence-electron chi connectivity index (χ3n) is 5.31. The quantitative estimate of drug-likeness (QED) is 0.642. The molecule has 0 aromatic heterocycles. The molecule has 1 heterocycles. The Labute approximate surface area is 169 Å². The highest BCUT2D eigenvalue weighted by Gasteiger charge is 2.24. The van der Waals surface area contributed by atoms with Crippen LogP contribution in [0.3, 0.4) is 0 Å². The van der Waals surface area contributed by atoms with Crippen molar-refractivity contribution < 1.29 is 18.0 Å². The van der Waals surface area contributed by atoms with Gasteiger partial charge in [-0.25, -0.2) is 13.2 Å². The van der Waals surface area contributed by atoms with Crippen LogP contribution in [0.1, 0.15) is 54.1 Å². The lowest BCUT2D eigenvalue weighted by Crippen LogP contribution is -2.31. The van der Waals surface area contributed by atoms with E-state index in [0.717, 1.165) is 43.7 Å². The van der Waals surface area contributed by atoms with Crippen molar-refractivity contribution in [3.05, 3.63) is 71.0 Å². The highest BCUT2D eigenvalue weighted by Crippen LogP contribution is 2.25. The number of carbonyl (C=O) groups is 1. The summed E-state index contributed by atoms with van der Waals surface area (Å²) in [5.41, 5.74) is 7.17. The molecule has 2 aromatic carbocycles. The molecule has 2 unspecified atom stereocenters. The van der Waals surface area contributed by atoms with Gasteiger partial charge >= 0.3 is 0 Å². The van der Waals surface area contributed by atoms with Gasteiger partial charge in [0.1, 0.15) is 5.82 Å². The summed E-state index contributed by atoms with van der Waals surface area (Å²) in [4.78, 5) is 13.7. The van der Waals surface area contributed by atoms with Crippen LogP contribution in [-0.2, 0) is 0 Å². The Balaban J connectivity index is 1.36. The fraction of sp³-hybridized carbons (Fsp3) is 0.409. The molecule has 29 heavy (non-hydrogen) atoms. The maximum absolute atomic E-state index is 13.7. The van der Waals surface area contributed by atoms with Crippen molar-refractivity contribution in [1.29, 1.82) is 0 Å². The second kappa shape index (κ2) is 9.89. The van der Waals surface area contributed by atoms with Gasteiger partial charge in [0.2, 0.25) is 0 Å². The maximum atomic E-state index is 13.7. The smallest absolute Gasteiger partial charge is 0.256 e. The van der Waals surface area contributed by atoms with E-state index in [9.17, 15) is 18.0 Å². The number of rotatable bonds is 8. The monoisotopic (exact) mass is 405 g/mol. The lowest BCUT2D eigenvalue weighted by molar-refractivity contribution is 0.0786. The van der Waals surface area contributed by atoms with Crippen LogP contribution in [0, 0.1) is 17.5 Å². The van der Waals surface area contributed by atoms with Crippen LogP contribution in [0.4, 0.5) is 13.2 Å². The molecule has 3 rings (SSSR count). The van der Waals surface area contributed by atoms with E-state index < -0.39 is 17.5 Å². The first-order valence-electron chi connectivity index (χ1n) is 9.91. The number of nitrogens with zero attached hydrogens (tertiary/aromatic N) is 1. The average molecular weight is 405 g/mol. The van der Waals surface area contributed by atoms with Crippen molar-refractivity contribution in [3.63, 3.8) is 0 Å². The highest BCUT2D eigenvalue weighted by molar-refractivity contribution is 5.94. The normalized spacial score (nSPS) is 18.8. The second-order valence-corrected chi connectivity index (χ2v) is 7.51. The number of amides is 1. The zero-order chi connectivity index (χ0) is 20.8. The molecular formula is C22H26F3N3O. The average Bonchev–Trinajstić information content (AvgIpc) is 3.18. The van der Waals surface area contributed by atoms with Crippen molar-refractivity contribution >= 4 is 5.91 Å². The van der Waals surface area contributed by atoms with E-state index in [1.807, 2.05) is 6.07 Å². The minimum atomic E-state index is -1.10. The molecule has 0 spiro atoms. The summed E-state index contributed by atoms with van der Waals surface area (Å²) in [5.74, 6) is -2.86. The number of hydrogen-bond acceptors (Lipinski definition) is 3. The van der Waals surface area contributed by atoms with Crippen LogP contribution >= 0.6 is 0 Å². The molecule has 1 aliphatic heterocycles. The Morgan fingerprint density at radius 3 is 2.66 bits per heavy atom. The first-order chi connectivity index (χ1) is 14.0. The first kappa shape index (κ1) is 21.3. The van der Waals surface area contributed by atoms with Crippen LogP contribution in [0.25, 0.3) is 0 Å². The molecule has 1 amide bonds. The van der Waals surface area contributed by atoms with Crippen molar-refractivity contribution in [2.75, 3.05) is 13.6 Å². The fourth-order valence-electron chi connectivity index (χ4n) is 3.65. The number of hydrazine groups is 1. The summed E-state index contributed by atoms with van der Waals surface area (Å²) in [6.07, 6.45) is 4.54. The molecule has 1 saturated heterocycles. The van der Waals surface area contributed by atoms with E-state index in [-0.39, 0.29) is 17.4 Å². The Kier molecular flexibility index (Phi) is 7.28. The molecule has 1 fully saturated rings. The highest BCUT2D eigenvalue weighted by atomic mass is 19.2. The summed E-state index contributed by atoms with van der Waals surface area (Å²) in [6.45, 7) is 0.483. The van der Waals surface area contributed by atoms with E-state index >= 15 is 0 Å². The maximum Gasteiger partial charge on any atom is 0.256 e. The van der Waals surface area contributed by atoms with Gasteiger partial charge in [-0.05, 0) is 49.1 Å². The summed E-state index contributed by atoms with van der Waals surface area (Å²) in [5, 5.41) is 0. The minimum absolute atomic E-state index is 0.0978. The fourth-order valence-corrected chi connectivity index (χ4v) is 3.65. The third-order valence-corrected chi connectivity index (χ3v) is 5.31. The molecule has 0 aliphatic carbocycles. The Hall–Kier alpha value is -2.38. The van der Waals surface area contributed by atoms with E-state index in [1.54, 1.807) is 19.2 Å². The van der Waals surface area contributed by atoms with Crippen molar-refractivity contribution in [3.8, 4) is 0 Å². The molecule has 2 N–H and O–H groups in total. The van der Waals surface area contributed by atoms with Gasteiger partial charge in [-0.15, -0.1) is 0 Å². The standard InChI is InChI=1S/C22H26F3N3O/c1-28(22(29)18-10-6-11-19(24)21(18)25)12-4-2-3-9-17-14-20(27-26-17)15-7-5-8-16(23)13-15/h5-8,10-11,13,17,20,26-27H,2-4,9,12,14H2,1H3. The van der Waals surface area contributed by atoms with E-state index in [0.29, 0.717) is 12.6 Å². The topological polar surface area (TPSA) is 44.4 Å². The van der Waals surface area contributed by atoms with Crippen LogP contribution in [0.2, 0.25) is 0 Å². The van der Waals surface area contributed by atoms with E-state index in [1.165, 1.54) is 23.1 Å². The molecule has 0 saturated carbocycles. The Morgan fingerprint density at radius 1 is 1.07 bits per heavy atom. The second-order valence-electron chi connectivity index (χ2n) is 7.51. The predicted octanol–water partition coefficient (Wildman–Crippen LogP) is 4.34. The zero-order valence-electron chi connectivity index (χ0n) is 16.4. The number of carbonyl (C=O) groups excluding carboxylic acids is 1. The van der Waals surface area contributed by atoms with Crippen LogP contribution in [0.15, 0.2) is 42.5 Å². The summed E-state index contributed by atoms with van der Waals surface area (Å²) < 4.78 is 40.4. The van der Waals surface area contributed by atoms with Gasteiger partial charge in [0.15, 0.2) is 11.6 Å². The number of hydrogen-bond donors (Lipinski definition) is 2. The number of nitrogens with one attached hydrogen (secondary N) is 2. The first-order valence-corrected chi connectivity index (χ1v) is 9.91. The van der Waals surface area contributed by atoms with Gasteiger partial charge in [0.05, 0.1) is 5.56 Å². The number of unbranched alkanes of at least 4 members (excludes halogenated alkanes) is 2. The van der Waals surface area contributed by atoms with E-state index in [4.69, 9.17) is 0 Å².